The smallest absolute Gasteiger partial charge is 0.265 e. The fourth-order valence-electron chi connectivity index (χ4n) is 2.66. The van der Waals surface area contributed by atoms with E-state index in [1.165, 1.54) is 13.2 Å². The van der Waals surface area contributed by atoms with Crippen molar-refractivity contribution >= 4 is 15.7 Å². The van der Waals surface area contributed by atoms with E-state index in [0.29, 0.717) is 23.1 Å². The van der Waals surface area contributed by atoms with Crippen molar-refractivity contribution in [3.8, 4) is 23.2 Å². The molecule has 0 aliphatic rings. The van der Waals surface area contributed by atoms with Gasteiger partial charge in [0.2, 0.25) is 5.88 Å². The summed E-state index contributed by atoms with van der Waals surface area (Å²) in [6, 6.07) is 16.3. The Hall–Kier alpha value is -3.92. The first-order valence-electron chi connectivity index (χ1n) is 8.81. The highest BCUT2D eigenvalue weighted by atomic mass is 32.2. The minimum atomic E-state index is -3.80. The zero-order valence-corrected chi connectivity index (χ0v) is 16.7. The molecule has 9 nitrogen and oxygen atoms in total. The molecule has 4 rings (SSSR count). The quantitative estimate of drug-likeness (QED) is 0.486. The lowest BCUT2D eigenvalue weighted by Gasteiger charge is -2.12. The number of rotatable bonds is 7. The third-order valence-electron chi connectivity index (χ3n) is 4.08. The molecule has 10 heteroatoms. The summed E-state index contributed by atoms with van der Waals surface area (Å²) in [5.41, 5.74) is 0.384. The molecule has 0 aliphatic carbocycles. The van der Waals surface area contributed by atoms with E-state index in [0.717, 1.165) is 0 Å². The highest BCUT2D eigenvalue weighted by Gasteiger charge is 2.19. The molecule has 2 heterocycles. The Balaban J connectivity index is 1.45. The minimum absolute atomic E-state index is 0.0566. The Morgan fingerprint density at radius 3 is 2.43 bits per heavy atom. The Bertz CT molecular complexity index is 1230. The topological polar surface area (TPSA) is 108 Å². The number of hydrogen-bond acceptors (Lipinski definition) is 7. The second-order valence-electron chi connectivity index (χ2n) is 6.08. The first kappa shape index (κ1) is 19.4. The van der Waals surface area contributed by atoms with E-state index in [9.17, 15) is 8.42 Å². The third kappa shape index (κ3) is 4.23. The summed E-state index contributed by atoms with van der Waals surface area (Å²) in [6.45, 7) is 0. The van der Waals surface area contributed by atoms with Gasteiger partial charge in [0.1, 0.15) is 22.7 Å². The monoisotopic (exact) mass is 423 g/mol. The molecule has 0 saturated heterocycles. The minimum Gasteiger partial charge on any atom is -0.495 e. The van der Waals surface area contributed by atoms with Crippen LogP contribution < -0.4 is 14.2 Å². The van der Waals surface area contributed by atoms with E-state index in [2.05, 4.69) is 19.9 Å². The van der Waals surface area contributed by atoms with Gasteiger partial charge in [-0.3, -0.25) is 9.29 Å². The molecule has 0 saturated carbocycles. The van der Waals surface area contributed by atoms with Crippen molar-refractivity contribution in [1.82, 2.24) is 19.7 Å². The molecule has 1 N–H and O–H groups in total. The largest absolute Gasteiger partial charge is 0.495 e. The number of aromatic nitrogens is 4. The number of hydrogen-bond donors (Lipinski definition) is 1. The molecule has 0 spiro atoms. The van der Waals surface area contributed by atoms with Crippen molar-refractivity contribution in [1.29, 1.82) is 0 Å². The van der Waals surface area contributed by atoms with Crippen LogP contribution in [0, 0.1) is 0 Å². The second kappa shape index (κ2) is 8.21. The van der Waals surface area contributed by atoms with Gasteiger partial charge in [0.05, 0.1) is 7.11 Å². The van der Waals surface area contributed by atoms with Crippen LogP contribution in [0.25, 0.3) is 5.82 Å². The van der Waals surface area contributed by atoms with Gasteiger partial charge in [-0.15, -0.1) is 10.2 Å². The van der Waals surface area contributed by atoms with Crippen LogP contribution in [0.5, 0.6) is 17.4 Å². The fraction of sp³-hybridized carbons (Fsp3) is 0.0500. The van der Waals surface area contributed by atoms with E-state index >= 15 is 0 Å². The highest BCUT2D eigenvalue weighted by molar-refractivity contribution is 7.92. The molecule has 2 aromatic heterocycles. The fourth-order valence-corrected chi connectivity index (χ4v) is 3.89. The van der Waals surface area contributed by atoms with Crippen LogP contribution >= 0.6 is 0 Å². The summed E-state index contributed by atoms with van der Waals surface area (Å²) in [7, 11) is -2.38. The molecule has 0 fully saturated rings. The molecule has 0 aliphatic heterocycles. The number of methoxy groups -OCH3 is 1. The van der Waals surface area contributed by atoms with E-state index < -0.39 is 10.0 Å². The molecule has 2 aromatic carbocycles. The van der Waals surface area contributed by atoms with Crippen molar-refractivity contribution in [2.75, 3.05) is 11.8 Å². The summed E-state index contributed by atoms with van der Waals surface area (Å²) >= 11 is 0. The van der Waals surface area contributed by atoms with Crippen molar-refractivity contribution in [2.24, 2.45) is 0 Å². The van der Waals surface area contributed by atoms with Gasteiger partial charge < -0.3 is 9.47 Å². The lowest BCUT2D eigenvalue weighted by Crippen LogP contribution is -2.13. The molecule has 0 radical (unpaired) electrons. The average Bonchev–Trinajstić information content (AvgIpc) is 3.30. The van der Waals surface area contributed by atoms with Crippen molar-refractivity contribution in [3.63, 3.8) is 0 Å². The SMILES string of the molecule is COc1ccccc1S(=O)(=O)Nc1ccc(Oc2ccc(-n3ccnc3)nn2)cc1. The van der Waals surface area contributed by atoms with Crippen LogP contribution in [-0.2, 0) is 10.0 Å². The number of para-hydroxylation sites is 1. The molecule has 0 bridgehead atoms. The number of imidazole rings is 1. The summed E-state index contributed by atoms with van der Waals surface area (Å²) in [5.74, 6) is 1.67. The molecule has 30 heavy (non-hydrogen) atoms. The Morgan fingerprint density at radius 1 is 0.967 bits per heavy atom. The number of ether oxygens (including phenoxy) is 2. The highest BCUT2D eigenvalue weighted by Crippen LogP contribution is 2.27. The van der Waals surface area contributed by atoms with Gasteiger partial charge in [0.15, 0.2) is 5.82 Å². The van der Waals surface area contributed by atoms with Crippen molar-refractivity contribution < 1.29 is 17.9 Å². The van der Waals surface area contributed by atoms with Crippen molar-refractivity contribution in [2.45, 2.75) is 4.90 Å². The zero-order valence-electron chi connectivity index (χ0n) is 15.8. The van der Waals surface area contributed by atoms with Gasteiger partial charge in [-0.05, 0) is 42.5 Å². The molecule has 0 atom stereocenters. The predicted molar refractivity (Wildman–Crippen MR) is 109 cm³/mol. The van der Waals surface area contributed by atoms with Crippen LogP contribution in [0.3, 0.4) is 0 Å². The lowest BCUT2D eigenvalue weighted by atomic mass is 10.3. The molecule has 4 aromatic rings. The van der Waals surface area contributed by atoms with Crippen LogP contribution in [-0.4, -0.2) is 35.3 Å². The summed E-state index contributed by atoms with van der Waals surface area (Å²) in [6.07, 6.45) is 5.03. The van der Waals surface area contributed by atoms with Crippen molar-refractivity contribution in [3.05, 3.63) is 79.4 Å². The summed E-state index contributed by atoms with van der Waals surface area (Å²) in [4.78, 5) is 4.02. The third-order valence-corrected chi connectivity index (χ3v) is 5.50. The predicted octanol–water partition coefficient (Wildman–Crippen LogP) is 3.26. The maximum absolute atomic E-state index is 12.6. The van der Waals surface area contributed by atoms with E-state index in [4.69, 9.17) is 9.47 Å². The molecular weight excluding hydrogens is 406 g/mol. The number of sulfonamides is 1. The molecule has 152 valence electrons. The number of benzene rings is 2. The lowest BCUT2D eigenvalue weighted by molar-refractivity contribution is 0.403. The molecule has 0 amide bonds. The van der Waals surface area contributed by atoms with E-state index in [1.54, 1.807) is 77.9 Å². The van der Waals surface area contributed by atoms with Crippen LogP contribution in [0.4, 0.5) is 5.69 Å². The van der Waals surface area contributed by atoms with Gasteiger partial charge in [0, 0.05) is 24.1 Å². The number of nitrogens with zero attached hydrogens (tertiary/aromatic N) is 4. The Kier molecular flexibility index (Phi) is 5.31. The maximum atomic E-state index is 12.6. The zero-order chi connectivity index (χ0) is 21.0. The Labute approximate surface area is 173 Å². The normalized spacial score (nSPS) is 11.1. The number of nitrogens with one attached hydrogen (secondary N) is 1. The van der Waals surface area contributed by atoms with Gasteiger partial charge >= 0.3 is 0 Å². The van der Waals surface area contributed by atoms with Crippen LogP contribution in [0.2, 0.25) is 0 Å². The number of anilines is 1. The Morgan fingerprint density at radius 2 is 1.77 bits per heavy atom. The average molecular weight is 423 g/mol. The first-order chi connectivity index (χ1) is 14.5. The summed E-state index contributed by atoms with van der Waals surface area (Å²) < 4.78 is 40.3. The first-order valence-corrected chi connectivity index (χ1v) is 10.3. The molecule has 0 unspecified atom stereocenters. The second-order valence-corrected chi connectivity index (χ2v) is 7.73. The van der Waals surface area contributed by atoms with Gasteiger partial charge in [-0.2, -0.15) is 0 Å². The van der Waals surface area contributed by atoms with Gasteiger partial charge in [-0.25, -0.2) is 13.4 Å². The summed E-state index contributed by atoms with van der Waals surface area (Å²) in [5, 5.41) is 8.10. The maximum Gasteiger partial charge on any atom is 0.265 e. The van der Waals surface area contributed by atoms with Gasteiger partial charge in [0.25, 0.3) is 10.0 Å². The van der Waals surface area contributed by atoms with Crippen LogP contribution in [0.1, 0.15) is 0 Å². The van der Waals surface area contributed by atoms with E-state index in [1.807, 2.05) is 0 Å². The standard InChI is InChI=1S/C20H17N5O4S/c1-28-17-4-2-3-5-18(17)30(26,27)24-15-6-8-16(9-7-15)29-20-11-10-19(22-23-20)25-13-12-21-14-25/h2-14,24H,1H3. The van der Waals surface area contributed by atoms with E-state index in [-0.39, 0.29) is 10.6 Å². The van der Waals surface area contributed by atoms with Crippen LogP contribution in [0.15, 0.2) is 84.3 Å². The van der Waals surface area contributed by atoms with Gasteiger partial charge in [-0.1, -0.05) is 12.1 Å². The molecular formula is C20H17N5O4S.